The third-order valence-electron chi connectivity index (χ3n) is 5.15. The Morgan fingerprint density at radius 2 is 1.96 bits per heavy atom. The van der Waals surface area contributed by atoms with E-state index >= 15 is 0 Å². The van der Waals surface area contributed by atoms with Gasteiger partial charge in [-0.15, -0.1) is 22.7 Å². The van der Waals surface area contributed by atoms with Gasteiger partial charge < -0.3 is 0 Å². The zero-order valence-corrected chi connectivity index (χ0v) is 16.5. The van der Waals surface area contributed by atoms with Gasteiger partial charge in [0, 0.05) is 22.8 Å². The van der Waals surface area contributed by atoms with Crippen LogP contribution in [0.2, 0.25) is 0 Å². The Morgan fingerprint density at radius 3 is 2.78 bits per heavy atom. The van der Waals surface area contributed by atoms with Gasteiger partial charge >= 0.3 is 0 Å². The summed E-state index contributed by atoms with van der Waals surface area (Å²) in [6.45, 7) is 0.773. The quantitative estimate of drug-likeness (QED) is 0.659. The average molecular weight is 394 g/mol. The van der Waals surface area contributed by atoms with Crippen LogP contribution in [0.25, 0.3) is 0 Å². The molecule has 1 aliphatic carbocycles. The molecule has 1 aliphatic heterocycles. The number of pyridine rings is 1. The predicted molar refractivity (Wildman–Crippen MR) is 111 cm³/mol. The zero-order valence-electron chi connectivity index (χ0n) is 14.9. The van der Waals surface area contributed by atoms with Crippen molar-refractivity contribution in [1.29, 1.82) is 0 Å². The molecule has 136 valence electrons. The van der Waals surface area contributed by atoms with E-state index in [4.69, 9.17) is 4.99 Å². The smallest absolute Gasteiger partial charge is 0.249 e. The minimum Gasteiger partial charge on any atom is -0.297 e. The lowest BCUT2D eigenvalue weighted by atomic mass is 9.93. The highest BCUT2D eigenvalue weighted by atomic mass is 32.1. The summed E-state index contributed by atoms with van der Waals surface area (Å²) in [6, 6.07) is 8.13. The predicted octanol–water partition coefficient (Wildman–Crippen LogP) is 4.47. The van der Waals surface area contributed by atoms with Crippen molar-refractivity contribution in [3.8, 4) is 0 Å². The number of aliphatic imine (C=N–C) groups is 1. The Labute approximate surface area is 166 Å². The number of aromatic nitrogens is 1. The molecule has 0 aromatic carbocycles. The fourth-order valence-corrected chi connectivity index (χ4v) is 6.00. The molecular formula is C21H19N3OS2. The summed E-state index contributed by atoms with van der Waals surface area (Å²) in [5.74, 6) is 0.0678. The number of carbonyl (C=O) groups is 1. The van der Waals surface area contributed by atoms with Gasteiger partial charge in [-0.1, -0.05) is 6.07 Å². The second-order valence-corrected chi connectivity index (χ2v) is 8.90. The lowest BCUT2D eigenvalue weighted by Crippen LogP contribution is -2.31. The molecule has 0 fully saturated rings. The first-order valence-electron chi connectivity index (χ1n) is 9.24. The molecule has 0 unspecified atom stereocenters. The summed E-state index contributed by atoms with van der Waals surface area (Å²) in [7, 11) is 0. The maximum absolute atomic E-state index is 13.0. The van der Waals surface area contributed by atoms with Crippen molar-refractivity contribution in [3.63, 3.8) is 0 Å². The van der Waals surface area contributed by atoms with Gasteiger partial charge in [0.15, 0.2) is 0 Å². The minimum absolute atomic E-state index is 0.0678. The second-order valence-electron chi connectivity index (χ2n) is 6.87. The fourth-order valence-electron chi connectivity index (χ4n) is 3.86. The first-order valence-corrected chi connectivity index (χ1v) is 10.9. The Hall–Kier alpha value is -2.31. The molecule has 6 heteroatoms. The lowest BCUT2D eigenvalue weighted by Gasteiger charge is -2.20. The molecule has 0 spiro atoms. The van der Waals surface area contributed by atoms with Crippen LogP contribution in [0.4, 0.5) is 5.00 Å². The molecule has 0 saturated heterocycles. The molecular weight excluding hydrogens is 374 g/mol. The SMILES string of the molecule is O=C1CN=C(c2cccs2)c2c(sc3c2CCCC3)N1Cc1ccncc1. The average Bonchev–Trinajstić information content (AvgIpc) is 3.33. The van der Waals surface area contributed by atoms with E-state index < -0.39 is 0 Å². The van der Waals surface area contributed by atoms with E-state index in [0.29, 0.717) is 6.54 Å². The Kier molecular flexibility index (Phi) is 4.38. The zero-order chi connectivity index (χ0) is 18.2. The van der Waals surface area contributed by atoms with Crippen LogP contribution in [0.1, 0.15) is 39.3 Å². The van der Waals surface area contributed by atoms with Crippen LogP contribution in [0, 0.1) is 0 Å². The highest BCUT2D eigenvalue weighted by molar-refractivity contribution is 7.17. The number of hydrogen-bond acceptors (Lipinski definition) is 5. The highest BCUT2D eigenvalue weighted by Crippen LogP contribution is 2.43. The fraction of sp³-hybridized carbons (Fsp3) is 0.286. The Bertz CT molecular complexity index is 1010. The van der Waals surface area contributed by atoms with Crippen LogP contribution in [0.3, 0.4) is 0 Å². The van der Waals surface area contributed by atoms with Crippen molar-refractivity contribution in [2.75, 3.05) is 11.4 Å². The van der Waals surface area contributed by atoms with Gasteiger partial charge in [-0.05, 0) is 60.4 Å². The van der Waals surface area contributed by atoms with Crippen LogP contribution >= 0.6 is 22.7 Å². The number of thiophene rings is 2. The molecule has 0 bridgehead atoms. The molecule has 2 aliphatic rings. The summed E-state index contributed by atoms with van der Waals surface area (Å²) < 4.78 is 0. The standard InChI is InChI=1S/C21H19N3OS2/c25-18-12-23-20(17-6-3-11-26-17)19-15-4-1-2-5-16(15)27-21(19)24(18)13-14-7-9-22-10-8-14/h3,6-11H,1-2,4-5,12-13H2. The summed E-state index contributed by atoms with van der Waals surface area (Å²) in [6.07, 6.45) is 8.21. The Morgan fingerprint density at radius 1 is 1.11 bits per heavy atom. The topological polar surface area (TPSA) is 45.6 Å². The van der Waals surface area contributed by atoms with E-state index in [9.17, 15) is 4.79 Å². The van der Waals surface area contributed by atoms with E-state index in [2.05, 4.69) is 22.5 Å². The van der Waals surface area contributed by atoms with Gasteiger partial charge in [0.25, 0.3) is 0 Å². The van der Waals surface area contributed by atoms with Crippen molar-refractivity contribution in [2.45, 2.75) is 32.2 Å². The molecule has 5 rings (SSSR count). The van der Waals surface area contributed by atoms with Gasteiger partial charge in [0.1, 0.15) is 11.5 Å². The largest absolute Gasteiger partial charge is 0.297 e. The van der Waals surface area contributed by atoms with E-state index in [0.717, 1.165) is 34.0 Å². The summed E-state index contributed by atoms with van der Waals surface area (Å²) in [5, 5.41) is 3.16. The monoisotopic (exact) mass is 393 g/mol. The van der Waals surface area contributed by atoms with Crippen molar-refractivity contribution in [2.24, 2.45) is 4.99 Å². The van der Waals surface area contributed by atoms with Gasteiger partial charge in [0.05, 0.1) is 17.1 Å². The number of nitrogens with zero attached hydrogens (tertiary/aromatic N) is 3. The first kappa shape index (κ1) is 16.8. The van der Waals surface area contributed by atoms with Crippen molar-refractivity contribution in [1.82, 2.24) is 4.98 Å². The summed E-state index contributed by atoms with van der Waals surface area (Å²) in [4.78, 5) is 26.4. The van der Waals surface area contributed by atoms with Crippen LogP contribution in [0.15, 0.2) is 47.0 Å². The van der Waals surface area contributed by atoms with E-state index in [1.807, 2.05) is 17.0 Å². The molecule has 1 amide bonds. The number of hydrogen-bond donors (Lipinski definition) is 0. The first-order chi connectivity index (χ1) is 13.3. The Balaban J connectivity index is 1.66. The van der Waals surface area contributed by atoms with E-state index in [-0.39, 0.29) is 12.5 Å². The summed E-state index contributed by atoms with van der Waals surface area (Å²) >= 11 is 3.50. The molecule has 0 atom stereocenters. The van der Waals surface area contributed by atoms with Crippen LogP contribution in [-0.4, -0.2) is 23.1 Å². The van der Waals surface area contributed by atoms with Crippen molar-refractivity contribution >= 4 is 39.3 Å². The van der Waals surface area contributed by atoms with Gasteiger partial charge in [-0.25, -0.2) is 0 Å². The maximum Gasteiger partial charge on any atom is 0.249 e. The third kappa shape index (κ3) is 3.03. The number of carbonyl (C=O) groups excluding carboxylic acids is 1. The van der Waals surface area contributed by atoms with Crippen LogP contribution in [-0.2, 0) is 24.2 Å². The van der Waals surface area contributed by atoms with Gasteiger partial charge in [0.2, 0.25) is 5.91 Å². The van der Waals surface area contributed by atoms with Crippen LogP contribution < -0.4 is 4.90 Å². The third-order valence-corrected chi connectivity index (χ3v) is 7.34. The number of fused-ring (bicyclic) bond motifs is 3. The van der Waals surface area contributed by atoms with Gasteiger partial charge in [-0.2, -0.15) is 0 Å². The molecule has 3 aromatic rings. The van der Waals surface area contributed by atoms with Crippen LogP contribution in [0.5, 0.6) is 0 Å². The molecule has 27 heavy (non-hydrogen) atoms. The molecule has 4 heterocycles. The number of anilines is 1. The lowest BCUT2D eigenvalue weighted by molar-refractivity contribution is -0.117. The molecule has 0 N–H and O–H groups in total. The van der Waals surface area contributed by atoms with Crippen molar-refractivity contribution in [3.05, 3.63) is 68.5 Å². The van der Waals surface area contributed by atoms with Gasteiger partial charge in [-0.3, -0.25) is 19.7 Å². The van der Waals surface area contributed by atoms with E-state index in [1.165, 1.54) is 28.8 Å². The molecule has 0 radical (unpaired) electrons. The number of amides is 1. The molecule has 3 aromatic heterocycles. The summed E-state index contributed by atoms with van der Waals surface area (Å²) in [5.41, 5.74) is 4.72. The minimum atomic E-state index is 0.0678. The highest BCUT2D eigenvalue weighted by Gasteiger charge is 2.32. The maximum atomic E-state index is 13.0. The number of aryl methyl sites for hydroxylation is 1. The molecule has 4 nitrogen and oxygen atoms in total. The van der Waals surface area contributed by atoms with E-state index in [1.54, 1.807) is 35.1 Å². The van der Waals surface area contributed by atoms with Crippen molar-refractivity contribution < 1.29 is 4.79 Å². The second kappa shape index (κ2) is 7.02. The molecule has 0 saturated carbocycles. The number of rotatable bonds is 3. The normalized spacial score (nSPS) is 16.5.